The van der Waals surface area contributed by atoms with Crippen molar-refractivity contribution in [3.8, 4) is 0 Å². The van der Waals surface area contributed by atoms with E-state index in [1.807, 2.05) is 0 Å². The monoisotopic (exact) mass is 318 g/mol. The van der Waals surface area contributed by atoms with Gasteiger partial charge < -0.3 is 0 Å². The third-order valence-corrected chi connectivity index (χ3v) is 9.90. The van der Waals surface area contributed by atoms with Gasteiger partial charge in [-0.1, -0.05) is 60.7 Å². The summed E-state index contributed by atoms with van der Waals surface area (Å²) in [7, 11) is 0. The van der Waals surface area contributed by atoms with Crippen molar-refractivity contribution in [1.82, 2.24) is 0 Å². The number of thioether (sulfide) groups is 1. The zero-order valence-electron chi connectivity index (χ0n) is 13.3. The highest BCUT2D eigenvalue weighted by molar-refractivity contribution is 8.01. The molecule has 1 heteroatoms. The first-order valence-corrected chi connectivity index (χ1v) is 10.0. The first-order valence-electron chi connectivity index (χ1n) is 9.18. The summed E-state index contributed by atoms with van der Waals surface area (Å²) < 4.78 is 0.839. The normalized spacial score (nSPS) is 45.7. The Balaban J connectivity index is 1.60. The van der Waals surface area contributed by atoms with Crippen molar-refractivity contribution in [1.29, 1.82) is 0 Å². The van der Waals surface area contributed by atoms with Gasteiger partial charge in [-0.25, -0.2) is 0 Å². The van der Waals surface area contributed by atoms with Gasteiger partial charge in [0.1, 0.15) is 0 Å². The molecule has 2 saturated heterocycles. The average Bonchev–Trinajstić information content (AvgIpc) is 3.21. The van der Waals surface area contributed by atoms with E-state index in [0.717, 1.165) is 23.7 Å². The molecule has 4 fully saturated rings. The Kier molecular flexibility index (Phi) is 2.42. The van der Waals surface area contributed by atoms with Crippen LogP contribution in [0.4, 0.5) is 0 Å². The van der Waals surface area contributed by atoms with Crippen LogP contribution >= 0.6 is 11.8 Å². The van der Waals surface area contributed by atoms with Crippen LogP contribution in [0.15, 0.2) is 60.7 Å². The summed E-state index contributed by atoms with van der Waals surface area (Å²) in [6.45, 7) is 0. The molecule has 2 unspecified atom stereocenters. The van der Waals surface area contributed by atoms with Gasteiger partial charge in [-0.2, -0.15) is 0 Å². The zero-order chi connectivity index (χ0) is 15.1. The Morgan fingerprint density at radius 2 is 0.913 bits per heavy atom. The van der Waals surface area contributed by atoms with E-state index in [2.05, 4.69) is 72.4 Å². The molecule has 6 rings (SSSR count). The first-order chi connectivity index (χ1) is 11.4. The molecule has 2 aliphatic carbocycles. The van der Waals surface area contributed by atoms with Crippen LogP contribution in [0, 0.1) is 23.7 Å². The largest absolute Gasteiger partial charge is 0.137 e. The summed E-state index contributed by atoms with van der Waals surface area (Å²) in [5.41, 5.74) is 3.26. The van der Waals surface area contributed by atoms with Crippen molar-refractivity contribution in [3.63, 3.8) is 0 Å². The predicted molar refractivity (Wildman–Crippen MR) is 96.3 cm³/mol. The van der Waals surface area contributed by atoms with Gasteiger partial charge in [-0.15, -0.1) is 11.8 Å². The SMILES string of the molecule is c1ccc(C23SC4(c5ccccc5)[C@H]5CC[C@H]4[C@@H]2CC[C@H]53)cc1. The summed E-state index contributed by atoms with van der Waals surface area (Å²) in [5.74, 6) is 3.61. The maximum atomic E-state index is 2.42. The molecule has 4 aliphatic rings. The molecule has 0 spiro atoms. The molecule has 116 valence electrons. The molecule has 6 atom stereocenters. The Morgan fingerprint density at radius 1 is 0.565 bits per heavy atom. The van der Waals surface area contributed by atoms with Crippen molar-refractivity contribution >= 4 is 11.8 Å². The predicted octanol–water partition coefficient (Wildman–Crippen LogP) is 5.59. The quantitative estimate of drug-likeness (QED) is 0.695. The number of rotatable bonds is 2. The Morgan fingerprint density at radius 3 is 1.26 bits per heavy atom. The van der Waals surface area contributed by atoms with Crippen LogP contribution in [0.3, 0.4) is 0 Å². The molecule has 0 amide bonds. The molecule has 0 aromatic heterocycles. The fraction of sp³-hybridized carbons (Fsp3) is 0.455. The second-order valence-corrected chi connectivity index (χ2v) is 9.56. The van der Waals surface area contributed by atoms with Crippen LogP contribution in [0.2, 0.25) is 0 Å². The Hall–Kier alpha value is -1.21. The van der Waals surface area contributed by atoms with E-state index in [4.69, 9.17) is 0 Å². The van der Waals surface area contributed by atoms with Crippen LogP contribution in [0.5, 0.6) is 0 Å². The molecular weight excluding hydrogens is 296 g/mol. The van der Waals surface area contributed by atoms with E-state index in [1.165, 1.54) is 25.7 Å². The van der Waals surface area contributed by atoms with Gasteiger partial charge >= 0.3 is 0 Å². The van der Waals surface area contributed by atoms with Crippen LogP contribution in [0.1, 0.15) is 36.8 Å². The van der Waals surface area contributed by atoms with E-state index in [-0.39, 0.29) is 0 Å². The smallest absolute Gasteiger partial charge is 0.0480 e. The second-order valence-electron chi connectivity index (χ2n) is 8.00. The standard InChI is InChI=1S/C22H22S/c1-3-7-15(8-4-1)21-17-11-12-18(21)20-14-13-19(17)22(20,23-21)16-9-5-2-6-10-16/h1-10,17-20H,11-14H2/t17-,18-,19-,20+,21?,22?/m0/s1. The summed E-state index contributed by atoms with van der Waals surface area (Å²) in [6, 6.07) is 23.1. The molecule has 0 radical (unpaired) electrons. The lowest BCUT2D eigenvalue weighted by Gasteiger charge is -2.40. The molecule has 2 aliphatic heterocycles. The maximum Gasteiger partial charge on any atom is 0.0480 e. The lowest BCUT2D eigenvalue weighted by atomic mass is 9.62. The van der Waals surface area contributed by atoms with E-state index >= 15 is 0 Å². The van der Waals surface area contributed by atoms with Crippen molar-refractivity contribution in [2.45, 2.75) is 35.2 Å². The summed E-state index contributed by atoms with van der Waals surface area (Å²) >= 11 is 2.39. The Bertz CT molecular complexity index is 665. The maximum absolute atomic E-state index is 2.42. The Labute approximate surface area is 142 Å². The van der Waals surface area contributed by atoms with Crippen LogP contribution in [-0.4, -0.2) is 0 Å². The van der Waals surface area contributed by atoms with Gasteiger partial charge in [0.2, 0.25) is 0 Å². The van der Waals surface area contributed by atoms with E-state index < -0.39 is 0 Å². The topological polar surface area (TPSA) is 0 Å². The van der Waals surface area contributed by atoms with Gasteiger partial charge in [-0.05, 0) is 60.5 Å². The van der Waals surface area contributed by atoms with E-state index in [1.54, 1.807) is 11.1 Å². The van der Waals surface area contributed by atoms with Crippen molar-refractivity contribution < 1.29 is 0 Å². The molecular formula is C22H22S. The van der Waals surface area contributed by atoms with Crippen molar-refractivity contribution in [3.05, 3.63) is 71.8 Å². The highest BCUT2D eigenvalue weighted by Crippen LogP contribution is 2.86. The molecule has 2 heterocycles. The molecule has 23 heavy (non-hydrogen) atoms. The van der Waals surface area contributed by atoms with E-state index in [9.17, 15) is 0 Å². The molecule has 0 N–H and O–H groups in total. The van der Waals surface area contributed by atoms with Crippen LogP contribution in [0.25, 0.3) is 0 Å². The fourth-order valence-corrected chi connectivity index (χ4v) is 9.88. The number of hydrogen-bond donors (Lipinski definition) is 0. The third-order valence-electron chi connectivity index (χ3n) is 7.54. The number of hydrogen-bond acceptors (Lipinski definition) is 1. The summed E-state index contributed by atoms with van der Waals surface area (Å²) in [6.07, 6.45) is 5.84. The third kappa shape index (κ3) is 1.31. The first kappa shape index (κ1) is 13.1. The van der Waals surface area contributed by atoms with Gasteiger partial charge in [0.05, 0.1) is 0 Å². The van der Waals surface area contributed by atoms with Crippen LogP contribution < -0.4 is 0 Å². The number of benzene rings is 2. The molecule has 2 saturated carbocycles. The highest BCUT2D eigenvalue weighted by Gasteiger charge is 2.79. The molecule has 2 bridgehead atoms. The molecule has 2 aromatic carbocycles. The lowest BCUT2D eigenvalue weighted by Crippen LogP contribution is -2.40. The zero-order valence-corrected chi connectivity index (χ0v) is 14.1. The minimum absolute atomic E-state index is 0.420. The van der Waals surface area contributed by atoms with Crippen LogP contribution in [-0.2, 0) is 9.49 Å². The van der Waals surface area contributed by atoms with Gasteiger partial charge in [0.15, 0.2) is 0 Å². The van der Waals surface area contributed by atoms with E-state index in [0.29, 0.717) is 9.49 Å². The average molecular weight is 318 g/mol. The number of fused-ring (bicyclic) bond motifs is 2. The minimum atomic E-state index is 0.420. The lowest BCUT2D eigenvalue weighted by molar-refractivity contribution is 0.166. The van der Waals surface area contributed by atoms with Gasteiger partial charge in [0, 0.05) is 9.49 Å². The second kappa shape index (κ2) is 4.25. The van der Waals surface area contributed by atoms with Gasteiger partial charge in [-0.3, -0.25) is 0 Å². The molecule has 2 aromatic rings. The van der Waals surface area contributed by atoms with Gasteiger partial charge in [0.25, 0.3) is 0 Å². The fourth-order valence-electron chi connectivity index (χ4n) is 7.08. The summed E-state index contributed by atoms with van der Waals surface area (Å²) in [5, 5.41) is 0. The minimum Gasteiger partial charge on any atom is -0.137 e. The summed E-state index contributed by atoms with van der Waals surface area (Å²) in [4.78, 5) is 0. The molecule has 0 nitrogen and oxygen atoms in total. The van der Waals surface area contributed by atoms with Crippen molar-refractivity contribution in [2.24, 2.45) is 23.7 Å². The highest BCUT2D eigenvalue weighted by atomic mass is 32.2. The van der Waals surface area contributed by atoms with Crippen molar-refractivity contribution in [2.75, 3.05) is 0 Å².